The number of pyridine rings is 1. The number of carbonyl (C=O) groups is 1. The van der Waals surface area contributed by atoms with Gasteiger partial charge in [0, 0.05) is 25.5 Å². The second-order valence-electron chi connectivity index (χ2n) is 3.01. The molecule has 1 N–H and O–H groups in total. The Bertz CT molecular complexity index is 464. The molecule has 0 atom stereocenters. The maximum absolute atomic E-state index is 11.0. The second-order valence-corrected chi connectivity index (χ2v) is 3.01. The van der Waals surface area contributed by atoms with Crippen LogP contribution in [0.2, 0.25) is 0 Å². The Balaban J connectivity index is 2.42. The van der Waals surface area contributed by atoms with E-state index in [9.17, 15) is 4.79 Å². The molecule has 0 fully saturated rings. The summed E-state index contributed by atoms with van der Waals surface area (Å²) in [6.07, 6.45) is 5.09. The molecule has 0 bridgehead atoms. The van der Waals surface area contributed by atoms with Crippen molar-refractivity contribution in [2.45, 2.75) is 6.92 Å². The molecule has 5 nitrogen and oxygen atoms in total. The summed E-state index contributed by atoms with van der Waals surface area (Å²) in [5.74, 6) is 0.481. The van der Waals surface area contributed by atoms with E-state index < -0.39 is 0 Å². The van der Waals surface area contributed by atoms with E-state index in [0.29, 0.717) is 11.5 Å². The van der Waals surface area contributed by atoms with Crippen LogP contribution < -0.4 is 5.32 Å². The molecule has 76 valence electrons. The van der Waals surface area contributed by atoms with E-state index >= 15 is 0 Å². The van der Waals surface area contributed by atoms with E-state index in [0.717, 1.165) is 0 Å². The summed E-state index contributed by atoms with van der Waals surface area (Å²) >= 11 is 0. The number of aromatic nitrogens is 3. The molecule has 0 aliphatic carbocycles. The van der Waals surface area contributed by atoms with Crippen molar-refractivity contribution in [3.63, 3.8) is 0 Å². The highest BCUT2D eigenvalue weighted by molar-refractivity contribution is 5.90. The Labute approximate surface area is 86.8 Å². The van der Waals surface area contributed by atoms with Crippen LogP contribution >= 0.6 is 0 Å². The van der Waals surface area contributed by atoms with Gasteiger partial charge in [-0.25, -0.2) is 9.67 Å². The normalized spacial score (nSPS) is 9.93. The van der Waals surface area contributed by atoms with Gasteiger partial charge in [0.2, 0.25) is 5.91 Å². The third kappa shape index (κ3) is 2.01. The zero-order chi connectivity index (χ0) is 10.7. The first kappa shape index (κ1) is 9.39. The standard InChI is InChI=1S/C10H10N4O/c1-8(15)13-9-4-2-5-11-10(9)14-7-3-6-12-14/h2-7H,1H3,(H,13,15). The highest BCUT2D eigenvalue weighted by atomic mass is 16.1. The molecule has 2 rings (SSSR count). The van der Waals surface area contributed by atoms with Gasteiger partial charge in [-0.2, -0.15) is 5.10 Å². The lowest BCUT2D eigenvalue weighted by atomic mass is 10.4. The number of nitrogens with one attached hydrogen (secondary N) is 1. The summed E-state index contributed by atoms with van der Waals surface area (Å²) < 4.78 is 1.60. The van der Waals surface area contributed by atoms with Crippen LogP contribution in [0.25, 0.3) is 5.82 Å². The molecule has 0 aromatic carbocycles. The van der Waals surface area contributed by atoms with Crippen LogP contribution in [0.5, 0.6) is 0 Å². The first-order chi connectivity index (χ1) is 7.27. The van der Waals surface area contributed by atoms with E-state index in [-0.39, 0.29) is 5.91 Å². The predicted molar refractivity (Wildman–Crippen MR) is 55.7 cm³/mol. The number of nitrogens with zero attached hydrogens (tertiary/aromatic N) is 3. The molecule has 15 heavy (non-hydrogen) atoms. The van der Waals surface area contributed by atoms with Gasteiger partial charge in [0.05, 0.1) is 5.69 Å². The minimum atomic E-state index is -0.128. The van der Waals surface area contributed by atoms with Crippen LogP contribution in [0.1, 0.15) is 6.92 Å². The van der Waals surface area contributed by atoms with Crippen molar-refractivity contribution in [3.05, 3.63) is 36.8 Å². The molecular formula is C10H10N4O. The lowest BCUT2D eigenvalue weighted by Crippen LogP contribution is -2.10. The van der Waals surface area contributed by atoms with Crippen molar-refractivity contribution in [1.82, 2.24) is 14.8 Å². The lowest BCUT2D eigenvalue weighted by molar-refractivity contribution is -0.114. The molecule has 0 spiro atoms. The van der Waals surface area contributed by atoms with E-state index in [1.54, 1.807) is 41.5 Å². The molecule has 0 aliphatic rings. The van der Waals surface area contributed by atoms with Crippen LogP contribution in [0, 0.1) is 0 Å². The van der Waals surface area contributed by atoms with Gasteiger partial charge in [-0.1, -0.05) is 0 Å². The molecule has 1 amide bonds. The Hall–Kier alpha value is -2.17. The molecule has 0 saturated heterocycles. The summed E-state index contributed by atoms with van der Waals surface area (Å²) in [6.45, 7) is 1.46. The quantitative estimate of drug-likeness (QED) is 0.796. The van der Waals surface area contributed by atoms with Crippen molar-refractivity contribution in [1.29, 1.82) is 0 Å². The summed E-state index contributed by atoms with van der Waals surface area (Å²) in [7, 11) is 0. The summed E-state index contributed by atoms with van der Waals surface area (Å²) in [5.41, 5.74) is 0.647. The molecule has 5 heteroatoms. The van der Waals surface area contributed by atoms with E-state index in [4.69, 9.17) is 0 Å². The number of rotatable bonds is 2. The smallest absolute Gasteiger partial charge is 0.221 e. The van der Waals surface area contributed by atoms with E-state index in [2.05, 4.69) is 15.4 Å². The fourth-order valence-electron chi connectivity index (χ4n) is 1.26. The van der Waals surface area contributed by atoms with Gasteiger partial charge in [0.1, 0.15) is 0 Å². The molecule has 0 saturated carbocycles. The van der Waals surface area contributed by atoms with Crippen molar-refractivity contribution in [2.24, 2.45) is 0 Å². The zero-order valence-electron chi connectivity index (χ0n) is 8.21. The van der Waals surface area contributed by atoms with Crippen molar-refractivity contribution in [2.75, 3.05) is 5.32 Å². The predicted octanol–water partition coefficient (Wildman–Crippen LogP) is 1.23. The average molecular weight is 202 g/mol. The highest BCUT2D eigenvalue weighted by Crippen LogP contribution is 2.15. The Morgan fingerprint density at radius 2 is 2.27 bits per heavy atom. The summed E-state index contributed by atoms with van der Waals surface area (Å²) in [6, 6.07) is 5.34. The molecule has 0 aliphatic heterocycles. The van der Waals surface area contributed by atoms with Crippen LogP contribution in [0.3, 0.4) is 0 Å². The zero-order valence-corrected chi connectivity index (χ0v) is 8.21. The van der Waals surface area contributed by atoms with Crippen LogP contribution in [-0.2, 0) is 4.79 Å². The minimum Gasteiger partial charge on any atom is -0.323 e. The van der Waals surface area contributed by atoms with Gasteiger partial charge < -0.3 is 5.32 Å². The number of hydrogen-bond acceptors (Lipinski definition) is 3. The minimum absolute atomic E-state index is 0.128. The Morgan fingerprint density at radius 3 is 2.93 bits per heavy atom. The Morgan fingerprint density at radius 1 is 1.40 bits per heavy atom. The SMILES string of the molecule is CC(=O)Nc1cccnc1-n1cccn1. The third-order valence-corrected chi connectivity index (χ3v) is 1.82. The van der Waals surface area contributed by atoms with Crippen LogP contribution in [0.15, 0.2) is 36.8 Å². The van der Waals surface area contributed by atoms with Gasteiger partial charge in [-0.05, 0) is 18.2 Å². The van der Waals surface area contributed by atoms with E-state index in [1.807, 2.05) is 0 Å². The van der Waals surface area contributed by atoms with Gasteiger partial charge >= 0.3 is 0 Å². The molecule has 0 unspecified atom stereocenters. The van der Waals surface area contributed by atoms with Crippen LogP contribution in [0.4, 0.5) is 5.69 Å². The van der Waals surface area contributed by atoms with Gasteiger partial charge in [0.25, 0.3) is 0 Å². The molecule has 2 aromatic rings. The number of hydrogen-bond donors (Lipinski definition) is 1. The summed E-state index contributed by atoms with van der Waals surface area (Å²) in [4.78, 5) is 15.1. The molecular weight excluding hydrogens is 192 g/mol. The number of carbonyl (C=O) groups excluding carboxylic acids is 1. The van der Waals surface area contributed by atoms with Crippen molar-refractivity contribution >= 4 is 11.6 Å². The molecule has 2 heterocycles. The second kappa shape index (κ2) is 3.91. The van der Waals surface area contributed by atoms with Gasteiger partial charge in [-0.3, -0.25) is 4.79 Å². The topological polar surface area (TPSA) is 59.8 Å². The first-order valence-corrected chi connectivity index (χ1v) is 4.50. The monoisotopic (exact) mass is 202 g/mol. The van der Waals surface area contributed by atoms with Gasteiger partial charge in [-0.15, -0.1) is 0 Å². The largest absolute Gasteiger partial charge is 0.323 e. The fourth-order valence-corrected chi connectivity index (χ4v) is 1.26. The van der Waals surface area contributed by atoms with Crippen LogP contribution in [-0.4, -0.2) is 20.7 Å². The highest BCUT2D eigenvalue weighted by Gasteiger charge is 2.06. The maximum Gasteiger partial charge on any atom is 0.221 e. The average Bonchev–Trinajstić information content (AvgIpc) is 2.70. The number of anilines is 1. The molecule has 2 aromatic heterocycles. The maximum atomic E-state index is 11.0. The van der Waals surface area contributed by atoms with E-state index in [1.165, 1.54) is 6.92 Å². The number of amides is 1. The van der Waals surface area contributed by atoms with Gasteiger partial charge in [0.15, 0.2) is 5.82 Å². The van der Waals surface area contributed by atoms with Crippen molar-refractivity contribution < 1.29 is 4.79 Å². The Kier molecular flexibility index (Phi) is 2.45. The third-order valence-electron chi connectivity index (χ3n) is 1.82. The lowest BCUT2D eigenvalue weighted by Gasteiger charge is -2.07. The fraction of sp³-hybridized carbons (Fsp3) is 0.100. The first-order valence-electron chi connectivity index (χ1n) is 4.50. The summed E-state index contributed by atoms with van der Waals surface area (Å²) in [5, 5.41) is 6.76. The molecule has 0 radical (unpaired) electrons. The van der Waals surface area contributed by atoms with Crippen molar-refractivity contribution in [3.8, 4) is 5.82 Å².